The third-order valence-electron chi connectivity index (χ3n) is 3.86. The smallest absolute Gasteiger partial charge is 0.0372 e. The van der Waals surface area contributed by atoms with E-state index in [0.29, 0.717) is 5.41 Å². The Hall–Kier alpha value is -0.850. The Bertz CT molecular complexity index is 345. The Balaban J connectivity index is 1.91. The van der Waals surface area contributed by atoms with Crippen molar-refractivity contribution in [2.24, 2.45) is 5.41 Å². The van der Waals surface area contributed by atoms with Crippen molar-refractivity contribution >= 4 is 0 Å². The van der Waals surface area contributed by atoms with Crippen LogP contribution in [0.3, 0.4) is 0 Å². The minimum atomic E-state index is 0.516. The number of aryl methyl sites for hydroxylation is 2. The SMILES string of the molecule is Cc1ccc(CCCCCCCCCC(C)(C)C)cn1. The molecule has 0 spiro atoms. The molecule has 114 valence electrons. The lowest BCUT2D eigenvalue weighted by atomic mass is 9.89. The fraction of sp³-hybridized carbons (Fsp3) is 0.737. The third-order valence-corrected chi connectivity index (χ3v) is 3.86. The van der Waals surface area contributed by atoms with E-state index in [1.54, 1.807) is 0 Å². The molecule has 1 rings (SSSR count). The summed E-state index contributed by atoms with van der Waals surface area (Å²) < 4.78 is 0. The molecule has 1 aromatic heterocycles. The van der Waals surface area contributed by atoms with Gasteiger partial charge in [-0.3, -0.25) is 4.98 Å². The van der Waals surface area contributed by atoms with Gasteiger partial charge in [-0.05, 0) is 43.2 Å². The predicted octanol–water partition coefficient (Wildman–Crippen LogP) is 6.10. The lowest BCUT2D eigenvalue weighted by Gasteiger charge is -2.17. The van der Waals surface area contributed by atoms with Crippen molar-refractivity contribution in [2.75, 3.05) is 0 Å². The number of unbranched alkanes of at least 4 members (excludes halogenated alkanes) is 6. The number of nitrogens with zero attached hydrogens (tertiary/aromatic N) is 1. The molecule has 0 aromatic carbocycles. The summed E-state index contributed by atoms with van der Waals surface area (Å²) in [5.74, 6) is 0. The largest absolute Gasteiger partial charge is 0.261 e. The number of pyridine rings is 1. The number of aromatic nitrogens is 1. The predicted molar refractivity (Wildman–Crippen MR) is 89.1 cm³/mol. The normalized spacial score (nSPS) is 11.8. The van der Waals surface area contributed by atoms with E-state index in [1.165, 1.54) is 63.4 Å². The Morgan fingerprint density at radius 3 is 2.00 bits per heavy atom. The maximum Gasteiger partial charge on any atom is 0.0372 e. The molecule has 1 heteroatoms. The van der Waals surface area contributed by atoms with Gasteiger partial charge in [0.1, 0.15) is 0 Å². The van der Waals surface area contributed by atoms with Crippen molar-refractivity contribution in [3.8, 4) is 0 Å². The number of rotatable bonds is 9. The molecule has 0 radical (unpaired) electrons. The quantitative estimate of drug-likeness (QED) is 0.496. The van der Waals surface area contributed by atoms with E-state index >= 15 is 0 Å². The van der Waals surface area contributed by atoms with Crippen LogP contribution in [0.2, 0.25) is 0 Å². The Morgan fingerprint density at radius 2 is 1.45 bits per heavy atom. The molecular formula is C19H33N. The molecule has 1 heterocycles. The van der Waals surface area contributed by atoms with Crippen molar-refractivity contribution in [1.82, 2.24) is 4.98 Å². The first-order chi connectivity index (χ1) is 9.47. The Kier molecular flexibility index (Phi) is 7.87. The van der Waals surface area contributed by atoms with Crippen molar-refractivity contribution in [2.45, 2.75) is 85.5 Å². The summed E-state index contributed by atoms with van der Waals surface area (Å²) in [5, 5.41) is 0. The molecule has 0 saturated carbocycles. The van der Waals surface area contributed by atoms with E-state index in [4.69, 9.17) is 0 Å². The van der Waals surface area contributed by atoms with Crippen LogP contribution in [0, 0.1) is 12.3 Å². The molecule has 0 aliphatic rings. The highest BCUT2D eigenvalue weighted by atomic mass is 14.6. The molecule has 0 N–H and O–H groups in total. The maximum atomic E-state index is 4.35. The molecule has 0 bridgehead atoms. The standard InChI is InChI=1S/C19H33N/c1-17-13-14-18(16-20-17)12-10-8-6-5-7-9-11-15-19(2,3)4/h13-14,16H,5-12,15H2,1-4H3. The van der Waals surface area contributed by atoms with Crippen molar-refractivity contribution in [3.63, 3.8) is 0 Å². The second-order valence-electron chi connectivity index (χ2n) is 7.34. The first-order valence-corrected chi connectivity index (χ1v) is 8.39. The molecule has 1 aromatic rings. The van der Waals surface area contributed by atoms with E-state index in [-0.39, 0.29) is 0 Å². The highest BCUT2D eigenvalue weighted by molar-refractivity contribution is 5.12. The minimum Gasteiger partial charge on any atom is -0.261 e. The molecular weight excluding hydrogens is 242 g/mol. The topological polar surface area (TPSA) is 12.9 Å². The molecule has 20 heavy (non-hydrogen) atoms. The van der Waals surface area contributed by atoms with E-state index in [1.807, 2.05) is 13.1 Å². The fourth-order valence-electron chi connectivity index (χ4n) is 2.51. The summed E-state index contributed by atoms with van der Waals surface area (Å²) in [4.78, 5) is 4.35. The Labute approximate surface area is 126 Å². The summed E-state index contributed by atoms with van der Waals surface area (Å²) in [6.07, 6.45) is 14.3. The van der Waals surface area contributed by atoms with E-state index in [0.717, 1.165) is 5.69 Å². The van der Waals surface area contributed by atoms with Gasteiger partial charge in [-0.25, -0.2) is 0 Å². The van der Waals surface area contributed by atoms with Crippen molar-refractivity contribution in [3.05, 3.63) is 29.6 Å². The fourth-order valence-corrected chi connectivity index (χ4v) is 2.51. The lowest BCUT2D eigenvalue weighted by Crippen LogP contribution is -2.03. The first kappa shape index (κ1) is 17.2. The second kappa shape index (κ2) is 9.15. The van der Waals surface area contributed by atoms with Crippen LogP contribution in [0.5, 0.6) is 0 Å². The summed E-state index contributed by atoms with van der Waals surface area (Å²) in [6.45, 7) is 9.07. The van der Waals surface area contributed by atoms with Crippen LogP contribution in [0.1, 0.15) is 83.4 Å². The number of hydrogen-bond acceptors (Lipinski definition) is 1. The zero-order valence-corrected chi connectivity index (χ0v) is 14.0. The monoisotopic (exact) mass is 275 g/mol. The van der Waals surface area contributed by atoms with Gasteiger partial charge in [0.2, 0.25) is 0 Å². The summed E-state index contributed by atoms with van der Waals surface area (Å²) in [7, 11) is 0. The van der Waals surface area contributed by atoms with Crippen LogP contribution in [0.25, 0.3) is 0 Å². The van der Waals surface area contributed by atoms with Gasteiger partial charge >= 0.3 is 0 Å². The molecule has 0 atom stereocenters. The van der Waals surface area contributed by atoms with Crippen LogP contribution in [-0.2, 0) is 6.42 Å². The van der Waals surface area contributed by atoms with Crippen LogP contribution < -0.4 is 0 Å². The highest BCUT2D eigenvalue weighted by Gasteiger charge is 2.08. The maximum absolute atomic E-state index is 4.35. The average Bonchev–Trinajstić information content (AvgIpc) is 2.37. The van der Waals surface area contributed by atoms with E-state index in [2.05, 4.69) is 37.9 Å². The molecule has 0 unspecified atom stereocenters. The molecule has 1 nitrogen and oxygen atoms in total. The van der Waals surface area contributed by atoms with Gasteiger partial charge in [0.15, 0.2) is 0 Å². The van der Waals surface area contributed by atoms with Gasteiger partial charge < -0.3 is 0 Å². The van der Waals surface area contributed by atoms with Crippen LogP contribution in [0.15, 0.2) is 18.3 Å². The third kappa shape index (κ3) is 9.12. The van der Waals surface area contributed by atoms with Gasteiger partial charge in [0.05, 0.1) is 0 Å². The van der Waals surface area contributed by atoms with Crippen LogP contribution >= 0.6 is 0 Å². The van der Waals surface area contributed by atoms with Crippen molar-refractivity contribution < 1.29 is 0 Å². The number of hydrogen-bond donors (Lipinski definition) is 0. The molecule has 0 aliphatic carbocycles. The van der Waals surface area contributed by atoms with Gasteiger partial charge in [-0.1, -0.05) is 65.4 Å². The lowest BCUT2D eigenvalue weighted by molar-refractivity contribution is 0.356. The molecule has 0 amide bonds. The van der Waals surface area contributed by atoms with E-state index < -0.39 is 0 Å². The molecule has 0 aliphatic heterocycles. The van der Waals surface area contributed by atoms with Gasteiger partial charge in [0, 0.05) is 11.9 Å². The first-order valence-electron chi connectivity index (χ1n) is 8.39. The zero-order valence-electron chi connectivity index (χ0n) is 14.0. The second-order valence-corrected chi connectivity index (χ2v) is 7.34. The van der Waals surface area contributed by atoms with Gasteiger partial charge in [-0.15, -0.1) is 0 Å². The molecule has 0 saturated heterocycles. The van der Waals surface area contributed by atoms with Gasteiger partial charge in [0.25, 0.3) is 0 Å². The minimum absolute atomic E-state index is 0.516. The Morgan fingerprint density at radius 1 is 0.850 bits per heavy atom. The molecule has 0 fully saturated rings. The van der Waals surface area contributed by atoms with Gasteiger partial charge in [-0.2, -0.15) is 0 Å². The highest BCUT2D eigenvalue weighted by Crippen LogP contribution is 2.22. The zero-order chi connectivity index (χ0) is 14.8. The summed E-state index contributed by atoms with van der Waals surface area (Å²) in [5.41, 5.74) is 3.02. The van der Waals surface area contributed by atoms with Crippen molar-refractivity contribution in [1.29, 1.82) is 0 Å². The van der Waals surface area contributed by atoms with Crippen LogP contribution in [0.4, 0.5) is 0 Å². The summed E-state index contributed by atoms with van der Waals surface area (Å²) in [6, 6.07) is 4.33. The summed E-state index contributed by atoms with van der Waals surface area (Å²) >= 11 is 0. The van der Waals surface area contributed by atoms with E-state index in [9.17, 15) is 0 Å². The van der Waals surface area contributed by atoms with Crippen LogP contribution in [-0.4, -0.2) is 4.98 Å². The average molecular weight is 275 g/mol.